The topological polar surface area (TPSA) is 126 Å². The number of hydrazone groups is 1. The van der Waals surface area contributed by atoms with Crippen molar-refractivity contribution in [3.05, 3.63) is 112 Å². The average Bonchev–Trinajstić information content (AvgIpc) is 2.99. The van der Waals surface area contributed by atoms with Crippen molar-refractivity contribution in [3.63, 3.8) is 0 Å². The molecule has 0 heterocycles. The zero-order valence-corrected chi connectivity index (χ0v) is 26.0. The number of methoxy groups -OCH3 is 1. The van der Waals surface area contributed by atoms with Gasteiger partial charge in [-0.1, -0.05) is 47.0 Å². The maximum atomic E-state index is 13.7. The molecule has 44 heavy (non-hydrogen) atoms. The van der Waals surface area contributed by atoms with E-state index < -0.39 is 22.5 Å². The van der Waals surface area contributed by atoms with Gasteiger partial charge in [-0.2, -0.15) is 5.10 Å². The maximum Gasteiger partial charge on any atom is 0.264 e. The first-order valence-corrected chi connectivity index (χ1v) is 15.3. The Hall–Kier alpha value is -4.58. The molecule has 0 radical (unpaired) electrons. The van der Waals surface area contributed by atoms with E-state index in [1.807, 2.05) is 6.92 Å². The molecule has 0 aliphatic heterocycles. The molecule has 0 atom stereocenters. The Morgan fingerprint density at radius 1 is 0.909 bits per heavy atom. The summed E-state index contributed by atoms with van der Waals surface area (Å²) in [4.78, 5) is 25.1. The quantitative estimate of drug-likeness (QED) is 0.150. The number of anilines is 2. The van der Waals surface area contributed by atoms with Crippen LogP contribution in [0.1, 0.15) is 11.1 Å². The summed E-state index contributed by atoms with van der Waals surface area (Å²) < 4.78 is 39.1. The molecular formula is C31H28Cl2N4O6S. The van der Waals surface area contributed by atoms with Gasteiger partial charge >= 0.3 is 0 Å². The van der Waals surface area contributed by atoms with E-state index in [0.29, 0.717) is 22.0 Å². The molecule has 2 N–H and O–H groups in total. The fraction of sp³-hybridized carbons (Fsp3) is 0.129. The first-order chi connectivity index (χ1) is 21.0. The number of rotatable bonds is 12. The summed E-state index contributed by atoms with van der Waals surface area (Å²) in [5.74, 6) is -0.399. The largest absolute Gasteiger partial charge is 0.495 e. The second kappa shape index (κ2) is 14.7. The highest BCUT2D eigenvalue weighted by molar-refractivity contribution is 7.92. The summed E-state index contributed by atoms with van der Waals surface area (Å²) >= 11 is 12.1. The van der Waals surface area contributed by atoms with Crippen molar-refractivity contribution in [2.45, 2.75) is 11.8 Å². The first-order valence-electron chi connectivity index (χ1n) is 13.1. The Kier molecular flexibility index (Phi) is 10.8. The van der Waals surface area contributed by atoms with Crippen LogP contribution in [-0.2, 0) is 19.6 Å². The lowest BCUT2D eigenvalue weighted by Gasteiger charge is -2.25. The molecule has 0 saturated carbocycles. The molecule has 0 fully saturated rings. The van der Waals surface area contributed by atoms with Gasteiger partial charge in [-0.05, 0) is 85.3 Å². The van der Waals surface area contributed by atoms with E-state index in [1.165, 1.54) is 37.6 Å². The smallest absolute Gasteiger partial charge is 0.264 e. The number of ether oxygens (including phenoxy) is 2. The molecule has 0 saturated heterocycles. The highest BCUT2D eigenvalue weighted by Gasteiger charge is 2.29. The monoisotopic (exact) mass is 654 g/mol. The third-order valence-corrected chi connectivity index (χ3v) is 8.31. The number of halogens is 2. The van der Waals surface area contributed by atoms with Crippen molar-refractivity contribution in [1.82, 2.24) is 5.43 Å². The number of nitrogens with one attached hydrogen (secondary N) is 2. The van der Waals surface area contributed by atoms with E-state index >= 15 is 0 Å². The molecule has 0 bridgehead atoms. The van der Waals surface area contributed by atoms with E-state index in [2.05, 4.69) is 15.8 Å². The molecule has 0 aliphatic rings. The van der Waals surface area contributed by atoms with Gasteiger partial charge in [0.25, 0.3) is 21.8 Å². The van der Waals surface area contributed by atoms with Crippen molar-refractivity contribution in [1.29, 1.82) is 0 Å². The van der Waals surface area contributed by atoms with Crippen molar-refractivity contribution in [3.8, 4) is 11.5 Å². The minimum atomic E-state index is -4.19. The van der Waals surface area contributed by atoms with Crippen LogP contribution in [0.5, 0.6) is 11.5 Å². The molecule has 2 amide bonds. The Morgan fingerprint density at radius 3 is 2.30 bits per heavy atom. The number of sulfonamides is 1. The van der Waals surface area contributed by atoms with E-state index in [-0.39, 0.29) is 33.9 Å². The number of hydrogen-bond acceptors (Lipinski definition) is 7. The normalized spacial score (nSPS) is 11.2. The Labute approximate surface area is 265 Å². The predicted molar refractivity (Wildman–Crippen MR) is 171 cm³/mol. The van der Waals surface area contributed by atoms with Gasteiger partial charge in [-0.25, -0.2) is 13.8 Å². The lowest BCUT2D eigenvalue weighted by molar-refractivity contribution is -0.119. The van der Waals surface area contributed by atoms with E-state index in [9.17, 15) is 18.0 Å². The van der Waals surface area contributed by atoms with Crippen LogP contribution in [0.4, 0.5) is 11.4 Å². The fourth-order valence-corrected chi connectivity index (χ4v) is 5.68. The Balaban J connectivity index is 1.40. The SMILES string of the molecule is COc1ccc(Cl)cc1N(CC(=O)N/N=C\c1ccc(OCC(=O)Nc2cccc(Cl)c2)cc1)S(=O)(=O)c1ccc(C)cc1. The molecule has 0 aromatic heterocycles. The van der Waals surface area contributed by atoms with Crippen LogP contribution in [-0.4, -0.2) is 46.7 Å². The zero-order chi connectivity index (χ0) is 31.7. The highest BCUT2D eigenvalue weighted by atomic mass is 35.5. The average molecular weight is 656 g/mol. The summed E-state index contributed by atoms with van der Waals surface area (Å²) in [6, 6.07) is 24.1. The summed E-state index contributed by atoms with van der Waals surface area (Å²) in [5, 5.41) is 7.41. The second-order valence-corrected chi connectivity index (χ2v) is 12.1. The van der Waals surface area contributed by atoms with Crippen LogP contribution in [0.25, 0.3) is 0 Å². The number of benzene rings is 4. The first kappa shape index (κ1) is 32.3. The van der Waals surface area contributed by atoms with Gasteiger partial charge in [0.15, 0.2) is 6.61 Å². The van der Waals surface area contributed by atoms with Gasteiger partial charge in [-0.15, -0.1) is 0 Å². The molecule has 13 heteroatoms. The lowest BCUT2D eigenvalue weighted by atomic mass is 10.2. The number of aryl methyl sites for hydroxylation is 1. The van der Waals surface area contributed by atoms with Gasteiger partial charge in [0.2, 0.25) is 0 Å². The lowest BCUT2D eigenvalue weighted by Crippen LogP contribution is -2.39. The molecule has 0 spiro atoms. The van der Waals surface area contributed by atoms with Crippen molar-refractivity contribution in [2.75, 3.05) is 29.9 Å². The standard InChI is InChI=1S/C31H28Cl2N4O6S/c1-21-6-13-27(14-7-21)44(40,41)37(28-17-24(33)10-15-29(28)42-2)19-30(38)36-34-18-22-8-11-26(12-9-22)43-20-31(39)35-25-5-3-4-23(32)16-25/h3-18H,19-20H2,1-2H3,(H,35,39)(H,36,38)/b34-18-. The number of carbonyl (C=O) groups excluding carboxylic acids is 2. The van der Waals surface area contributed by atoms with Gasteiger partial charge in [-0.3, -0.25) is 13.9 Å². The summed E-state index contributed by atoms with van der Waals surface area (Å²) in [7, 11) is -2.81. The third kappa shape index (κ3) is 8.73. The number of amides is 2. The molecule has 10 nitrogen and oxygen atoms in total. The minimum Gasteiger partial charge on any atom is -0.495 e. The van der Waals surface area contributed by atoms with Crippen molar-refractivity contribution < 1.29 is 27.5 Å². The molecular weight excluding hydrogens is 627 g/mol. The van der Waals surface area contributed by atoms with E-state index in [1.54, 1.807) is 66.7 Å². The third-order valence-electron chi connectivity index (χ3n) is 6.07. The maximum absolute atomic E-state index is 13.7. The van der Waals surface area contributed by atoms with Crippen molar-refractivity contribution >= 4 is 62.6 Å². The van der Waals surface area contributed by atoms with Gasteiger partial charge in [0.1, 0.15) is 18.0 Å². The Bertz CT molecular complexity index is 1770. The molecule has 4 aromatic carbocycles. The molecule has 0 aliphatic carbocycles. The summed E-state index contributed by atoms with van der Waals surface area (Å²) in [6.07, 6.45) is 1.38. The summed E-state index contributed by atoms with van der Waals surface area (Å²) in [5.41, 5.74) is 4.50. The van der Waals surface area contributed by atoms with Crippen molar-refractivity contribution in [2.24, 2.45) is 5.10 Å². The number of carbonyl (C=O) groups is 2. The highest BCUT2D eigenvalue weighted by Crippen LogP contribution is 2.34. The molecule has 4 rings (SSSR count). The summed E-state index contributed by atoms with van der Waals surface area (Å²) in [6.45, 7) is 1.02. The molecule has 4 aromatic rings. The van der Waals surface area contributed by atoms with Gasteiger partial charge in [0.05, 0.1) is 23.9 Å². The van der Waals surface area contributed by atoms with Crippen LogP contribution in [0.2, 0.25) is 10.0 Å². The van der Waals surface area contributed by atoms with Crippen LogP contribution < -0.4 is 24.5 Å². The Morgan fingerprint density at radius 2 is 1.61 bits per heavy atom. The van der Waals surface area contributed by atoms with E-state index in [4.69, 9.17) is 32.7 Å². The minimum absolute atomic E-state index is 0.00863. The number of hydrogen-bond donors (Lipinski definition) is 2. The second-order valence-electron chi connectivity index (χ2n) is 9.35. The van der Waals surface area contributed by atoms with Gasteiger partial charge in [0, 0.05) is 15.7 Å². The van der Waals surface area contributed by atoms with Crippen LogP contribution >= 0.6 is 23.2 Å². The predicted octanol–water partition coefficient (Wildman–Crippen LogP) is 5.67. The molecule has 228 valence electrons. The number of nitrogens with zero attached hydrogens (tertiary/aromatic N) is 2. The fourth-order valence-electron chi connectivity index (χ4n) is 3.90. The molecule has 0 unspecified atom stereocenters. The van der Waals surface area contributed by atoms with Crippen LogP contribution in [0.15, 0.2) is 101 Å². The van der Waals surface area contributed by atoms with Gasteiger partial charge < -0.3 is 14.8 Å². The zero-order valence-electron chi connectivity index (χ0n) is 23.7. The van der Waals surface area contributed by atoms with E-state index in [0.717, 1.165) is 9.87 Å². The van der Waals surface area contributed by atoms with Crippen LogP contribution in [0, 0.1) is 6.92 Å². The van der Waals surface area contributed by atoms with Crippen LogP contribution in [0.3, 0.4) is 0 Å².